The maximum absolute atomic E-state index is 12.6. The molecule has 1 aromatic rings. The van der Waals surface area contributed by atoms with Crippen LogP contribution < -0.4 is 5.06 Å². The van der Waals surface area contributed by atoms with Crippen LogP contribution in [-0.2, 0) is 14.3 Å². The average Bonchev–Trinajstić information content (AvgIpc) is 3.30. The smallest absolute Gasteiger partial charge is 0.439 e. The van der Waals surface area contributed by atoms with Crippen LogP contribution in [0.2, 0.25) is 0 Å². The molecule has 6 nitrogen and oxygen atoms in total. The van der Waals surface area contributed by atoms with Crippen LogP contribution in [-0.4, -0.2) is 30.9 Å². The summed E-state index contributed by atoms with van der Waals surface area (Å²) in [6.45, 7) is 7.73. The lowest BCUT2D eigenvalue weighted by atomic mass is 10.1. The van der Waals surface area contributed by atoms with Gasteiger partial charge in [0.15, 0.2) is 0 Å². The molecule has 24 heavy (non-hydrogen) atoms. The van der Waals surface area contributed by atoms with Crippen LogP contribution in [0, 0.1) is 5.92 Å². The van der Waals surface area contributed by atoms with Gasteiger partial charge in [-0.25, -0.2) is 9.59 Å². The van der Waals surface area contributed by atoms with Gasteiger partial charge in [-0.3, -0.25) is 4.84 Å². The number of hydroxylamine groups is 1. The Kier molecular flexibility index (Phi) is 5.83. The number of nitrogens with zero attached hydrogens (tertiary/aromatic N) is 1. The molecule has 1 aliphatic rings. The lowest BCUT2D eigenvalue weighted by Crippen LogP contribution is -2.38. The van der Waals surface area contributed by atoms with E-state index in [2.05, 4.69) is 0 Å². The van der Waals surface area contributed by atoms with E-state index in [1.807, 2.05) is 0 Å². The monoisotopic (exact) mass is 335 g/mol. The third kappa shape index (κ3) is 5.23. The fourth-order valence-corrected chi connectivity index (χ4v) is 2.02. The van der Waals surface area contributed by atoms with Gasteiger partial charge in [-0.1, -0.05) is 12.1 Å². The van der Waals surface area contributed by atoms with E-state index in [0.29, 0.717) is 18.2 Å². The van der Waals surface area contributed by atoms with E-state index < -0.39 is 17.7 Å². The number of anilines is 1. The Labute approximate surface area is 142 Å². The Morgan fingerprint density at radius 3 is 2.46 bits per heavy atom. The molecule has 6 heteroatoms. The number of esters is 1. The number of hydrogen-bond acceptors (Lipinski definition) is 5. The number of amides is 1. The van der Waals surface area contributed by atoms with Crippen molar-refractivity contribution in [1.82, 2.24) is 0 Å². The van der Waals surface area contributed by atoms with Crippen molar-refractivity contribution >= 4 is 17.7 Å². The first kappa shape index (κ1) is 18.3. The first-order chi connectivity index (χ1) is 11.3. The molecular weight excluding hydrogens is 310 g/mol. The first-order valence-corrected chi connectivity index (χ1v) is 8.24. The summed E-state index contributed by atoms with van der Waals surface area (Å²) in [5.41, 5.74) is -0.0798. The molecule has 0 aromatic heterocycles. The van der Waals surface area contributed by atoms with E-state index in [0.717, 1.165) is 17.9 Å². The van der Waals surface area contributed by atoms with Crippen LogP contribution in [0.3, 0.4) is 0 Å². The second-order valence-electron chi connectivity index (χ2n) is 6.75. The predicted molar refractivity (Wildman–Crippen MR) is 89.8 cm³/mol. The quantitative estimate of drug-likeness (QED) is 0.582. The van der Waals surface area contributed by atoms with Gasteiger partial charge < -0.3 is 9.47 Å². The molecule has 0 atom stereocenters. The number of benzene rings is 1. The van der Waals surface area contributed by atoms with E-state index in [4.69, 9.17) is 14.3 Å². The molecule has 1 aliphatic carbocycles. The minimum Gasteiger partial charge on any atom is -0.462 e. The van der Waals surface area contributed by atoms with Gasteiger partial charge in [0.1, 0.15) is 5.60 Å². The van der Waals surface area contributed by atoms with Gasteiger partial charge in [-0.2, -0.15) is 5.06 Å². The second-order valence-corrected chi connectivity index (χ2v) is 6.75. The van der Waals surface area contributed by atoms with Crippen molar-refractivity contribution in [2.45, 2.75) is 46.1 Å². The Bertz CT molecular complexity index is 589. The number of para-hydroxylation sites is 1. The van der Waals surface area contributed by atoms with Crippen molar-refractivity contribution in [3.05, 3.63) is 29.8 Å². The zero-order valence-electron chi connectivity index (χ0n) is 14.7. The summed E-state index contributed by atoms with van der Waals surface area (Å²) in [7, 11) is 0. The molecule has 2 rings (SSSR count). The molecule has 132 valence electrons. The summed E-state index contributed by atoms with van der Waals surface area (Å²) in [5.74, 6) is -0.0543. The summed E-state index contributed by atoms with van der Waals surface area (Å²) in [5, 5.41) is 1.07. The van der Waals surface area contributed by atoms with Crippen LogP contribution in [0.1, 0.15) is 50.9 Å². The summed E-state index contributed by atoms with van der Waals surface area (Å²) >= 11 is 0. The topological polar surface area (TPSA) is 65.1 Å². The SMILES string of the molecule is CCOC(=O)c1ccccc1N(OCC1CC1)C(=O)OC(C)(C)C. The van der Waals surface area contributed by atoms with E-state index in [9.17, 15) is 9.59 Å². The lowest BCUT2D eigenvalue weighted by molar-refractivity contribution is 0.0205. The molecule has 1 aromatic carbocycles. The van der Waals surface area contributed by atoms with Gasteiger partial charge in [0.25, 0.3) is 0 Å². The van der Waals surface area contributed by atoms with Gasteiger partial charge >= 0.3 is 12.1 Å². The van der Waals surface area contributed by atoms with Gasteiger partial charge in [0.2, 0.25) is 0 Å². The fourth-order valence-electron chi connectivity index (χ4n) is 2.02. The Balaban J connectivity index is 2.28. The molecule has 1 amide bonds. The van der Waals surface area contributed by atoms with Crippen molar-refractivity contribution in [3.63, 3.8) is 0 Å². The Morgan fingerprint density at radius 2 is 1.88 bits per heavy atom. The van der Waals surface area contributed by atoms with Crippen molar-refractivity contribution in [3.8, 4) is 0 Å². The van der Waals surface area contributed by atoms with Crippen LogP contribution >= 0.6 is 0 Å². The summed E-state index contributed by atoms with van der Waals surface area (Å²) in [6, 6.07) is 6.69. The maximum Gasteiger partial charge on any atom is 0.439 e. The van der Waals surface area contributed by atoms with E-state index >= 15 is 0 Å². The third-order valence-electron chi connectivity index (χ3n) is 3.31. The molecule has 0 bridgehead atoms. The Morgan fingerprint density at radius 1 is 1.21 bits per heavy atom. The number of carbonyl (C=O) groups is 2. The molecular formula is C18H25NO5. The molecule has 1 saturated carbocycles. The fraction of sp³-hybridized carbons (Fsp3) is 0.556. The summed E-state index contributed by atoms with van der Waals surface area (Å²) < 4.78 is 10.5. The summed E-state index contributed by atoms with van der Waals surface area (Å²) in [4.78, 5) is 30.4. The van der Waals surface area contributed by atoms with Crippen molar-refractivity contribution < 1.29 is 23.9 Å². The standard InChI is InChI=1S/C18H25NO5/c1-5-22-16(20)14-8-6-7-9-15(14)19(23-12-13-10-11-13)17(21)24-18(2,3)4/h6-9,13H,5,10-12H2,1-4H3. The highest BCUT2D eigenvalue weighted by atomic mass is 16.7. The van der Waals surface area contributed by atoms with Gasteiger partial charge in [0.05, 0.1) is 24.5 Å². The zero-order valence-corrected chi connectivity index (χ0v) is 14.7. The second kappa shape index (κ2) is 7.66. The van der Waals surface area contributed by atoms with Crippen LogP contribution in [0.5, 0.6) is 0 Å². The van der Waals surface area contributed by atoms with E-state index in [1.165, 1.54) is 0 Å². The van der Waals surface area contributed by atoms with E-state index in [1.54, 1.807) is 52.0 Å². The highest BCUT2D eigenvalue weighted by Crippen LogP contribution is 2.31. The molecule has 0 N–H and O–H groups in total. The zero-order chi connectivity index (χ0) is 17.7. The summed E-state index contributed by atoms with van der Waals surface area (Å²) in [6.07, 6.45) is 1.52. The predicted octanol–water partition coefficient (Wildman–Crippen LogP) is 3.95. The third-order valence-corrected chi connectivity index (χ3v) is 3.31. The highest BCUT2D eigenvalue weighted by Gasteiger charge is 2.30. The minimum absolute atomic E-state index is 0.253. The maximum atomic E-state index is 12.6. The first-order valence-electron chi connectivity index (χ1n) is 8.24. The van der Waals surface area contributed by atoms with Crippen LogP contribution in [0.4, 0.5) is 10.5 Å². The van der Waals surface area contributed by atoms with Crippen molar-refractivity contribution in [2.75, 3.05) is 18.3 Å². The minimum atomic E-state index is -0.669. The molecule has 0 saturated heterocycles. The van der Waals surface area contributed by atoms with Gasteiger partial charge in [-0.05, 0) is 58.6 Å². The normalized spacial score (nSPS) is 14.2. The van der Waals surface area contributed by atoms with Crippen LogP contribution in [0.15, 0.2) is 24.3 Å². The number of hydrogen-bond donors (Lipinski definition) is 0. The number of ether oxygens (including phenoxy) is 2. The average molecular weight is 335 g/mol. The molecule has 1 fully saturated rings. The molecule has 0 heterocycles. The van der Waals surface area contributed by atoms with Crippen molar-refractivity contribution in [2.24, 2.45) is 5.92 Å². The van der Waals surface area contributed by atoms with E-state index in [-0.39, 0.29) is 12.2 Å². The largest absolute Gasteiger partial charge is 0.462 e. The molecule has 0 radical (unpaired) electrons. The van der Waals surface area contributed by atoms with Crippen molar-refractivity contribution in [1.29, 1.82) is 0 Å². The van der Waals surface area contributed by atoms with Gasteiger partial charge in [-0.15, -0.1) is 0 Å². The Hall–Kier alpha value is -2.08. The number of rotatable bonds is 6. The highest BCUT2D eigenvalue weighted by molar-refractivity contribution is 6.00. The lowest BCUT2D eigenvalue weighted by Gasteiger charge is -2.27. The van der Waals surface area contributed by atoms with Crippen LogP contribution in [0.25, 0.3) is 0 Å². The molecule has 0 spiro atoms. The molecule has 0 unspecified atom stereocenters. The molecule has 0 aliphatic heterocycles. The number of carbonyl (C=O) groups excluding carboxylic acids is 2. The van der Waals surface area contributed by atoms with Gasteiger partial charge in [0, 0.05) is 0 Å².